The zero-order valence-corrected chi connectivity index (χ0v) is 7.92. The fourth-order valence-electron chi connectivity index (χ4n) is 1.11. The number of nitrogens with two attached hydrogens (primary N) is 1. The number of nitrogens with one attached hydrogen (secondary N) is 1. The van der Waals surface area contributed by atoms with Crippen LogP contribution in [0, 0.1) is 0 Å². The van der Waals surface area contributed by atoms with Crippen molar-refractivity contribution in [3.63, 3.8) is 0 Å². The van der Waals surface area contributed by atoms with E-state index in [1.807, 2.05) is 18.2 Å². The lowest BCUT2D eigenvalue weighted by Gasteiger charge is -2.06. The number of anilines is 1. The number of hydrogen-bond acceptors (Lipinski definition) is 3. The van der Waals surface area contributed by atoms with E-state index in [1.165, 1.54) is 0 Å². The number of benzene rings is 1. The van der Waals surface area contributed by atoms with Crippen molar-refractivity contribution in [2.75, 3.05) is 25.6 Å². The maximum atomic E-state index is 5.52. The molecule has 3 nitrogen and oxygen atoms in total. The minimum atomic E-state index is 0.583. The van der Waals surface area contributed by atoms with Gasteiger partial charge in [0.2, 0.25) is 0 Å². The average molecular weight is 180 g/mol. The minimum Gasteiger partial charge on any atom is -0.383 e. The molecular formula is C10H16N2O. The van der Waals surface area contributed by atoms with Crippen LogP contribution in [0.4, 0.5) is 5.69 Å². The Kier molecular flexibility index (Phi) is 4.29. The SMILES string of the molecule is COCCNc1cccc(CN)c1. The van der Waals surface area contributed by atoms with E-state index in [9.17, 15) is 0 Å². The summed E-state index contributed by atoms with van der Waals surface area (Å²) in [5, 5.41) is 3.24. The van der Waals surface area contributed by atoms with Gasteiger partial charge in [-0.25, -0.2) is 0 Å². The molecule has 0 bridgehead atoms. The Morgan fingerprint density at radius 3 is 3.00 bits per heavy atom. The average Bonchev–Trinajstić information content (AvgIpc) is 2.19. The van der Waals surface area contributed by atoms with Gasteiger partial charge >= 0.3 is 0 Å². The quantitative estimate of drug-likeness (QED) is 0.669. The van der Waals surface area contributed by atoms with Crippen LogP contribution in [0.2, 0.25) is 0 Å². The third kappa shape index (κ3) is 3.44. The summed E-state index contributed by atoms with van der Waals surface area (Å²) in [5.41, 5.74) is 7.76. The lowest BCUT2D eigenvalue weighted by atomic mass is 10.2. The Morgan fingerprint density at radius 1 is 1.46 bits per heavy atom. The van der Waals surface area contributed by atoms with Crippen molar-refractivity contribution in [1.29, 1.82) is 0 Å². The molecule has 0 atom stereocenters. The largest absolute Gasteiger partial charge is 0.383 e. The molecule has 0 heterocycles. The van der Waals surface area contributed by atoms with Gasteiger partial charge in [-0.15, -0.1) is 0 Å². The molecule has 0 aliphatic rings. The summed E-state index contributed by atoms with van der Waals surface area (Å²) in [7, 11) is 1.69. The zero-order chi connectivity index (χ0) is 9.52. The lowest BCUT2D eigenvalue weighted by molar-refractivity contribution is 0.211. The maximum absolute atomic E-state index is 5.52. The van der Waals surface area contributed by atoms with Crippen molar-refractivity contribution in [3.05, 3.63) is 29.8 Å². The predicted molar refractivity (Wildman–Crippen MR) is 54.7 cm³/mol. The third-order valence-corrected chi connectivity index (χ3v) is 1.80. The number of methoxy groups -OCH3 is 1. The molecule has 0 unspecified atom stereocenters. The van der Waals surface area contributed by atoms with Gasteiger partial charge in [-0.1, -0.05) is 12.1 Å². The Hall–Kier alpha value is -1.06. The van der Waals surface area contributed by atoms with E-state index in [0.29, 0.717) is 13.2 Å². The van der Waals surface area contributed by atoms with Crippen LogP contribution in [0.5, 0.6) is 0 Å². The number of ether oxygens (including phenoxy) is 1. The summed E-state index contributed by atoms with van der Waals surface area (Å²) in [6.07, 6.45) is 0. The summed E-state index contributed by atoms with van der Waals surface area (Å²) in [5.74, 6) is 0. The summed E-state index contributed by atoms with van der Waals surface area (Å²) in [6, 6.07) is 8.09. The molecule has 13 heavy (non-hydrogen) atoms. The minimum absolute atomic E-state index is 0.583. The molecule has 0 aromatic heterocycles. The van der Waals surface area contributed by atoms with Gasteiger partial charge in [-0.2, -0.15) is 0 Å². The van der Waals surface area contributed by atoms with Crippen molar-refractivity contribution in [2.24, 2.45) is 5.73 Å². The second-order valence-electron chi connectivity index (χ2n) is 2.82. The van der Waals surface area contributed by atoms with Crippen LogP contribution in [-0.2, 0) is 11.3 Å². The highest BCUT2D eigenvalue weighted by atomic mass is 16.5. The molecule has 0 aliphatic heterocycles. The molecule has 0 saturated carbocycles. The van der Waals surface area contributed by atoms with E-state index < -0.39 is 0 Å². The monoisotopic (exact) mass is 180 g/mol. The highest BCUT2D eigenvalue weighted by Crippen LogP contribution is 2.09. The van der Waals surface area contributed by atoms with E-state index in [2.05, 4.69) is 11.4 Å². The van der Waals surface area contributed by atoms with Gasteiger partial charge in [0.1, 0.15) is 0 Å². The van der Waals surface area contributed by atoms with Crippen LogP contribution in [0.25, 0.3) is 0 Å². The van der Waals surface area contributed by atoms with Gasteiger partial charge < -0.3 is 15.8 Å². The molecule has 0 saturated heterocycles. The molecule has 0 radical (unpaired) electrons. The van der Waals surface area contributed by atoms with Crippen molar-refractivity contribution >= 4 is 5.69 Å². The molecule has 1 aromatic rings. The molecule has 1 aromatic carbocycles. The van der Waals surface area contributed by atoms with E-state index in [0.717, 1.165) is 17.8 Å². The van der Waals surface area contributed by atoms with Crippen LogP contribution in [0.1, 0.15) is 5.56 Å². The normalized spacial score (nSPS) is 10.0. The van der Waals surface area contributed by atoms with Crippen LogP contribution >= 0.6 is 0 Å². The summed E-state index contributed by atoms with van der Waals surface area (Å²) in [4.78, 5) is 0. The Bertz CT molecular complexity index is 250. The second kappa shape index (κ2) is 5.56. The first-order chi connectivity index (χ1) is 6.36. The van der Waals surface area contributed by atoms with Crippen LogP contribution < -0.4 is 11.1 Å². The van der Waals surface area contributed by atoms with Crippen molar-refractivity contribution in [3.8, 4) is 0 Å². The highest BCUT2D eigenvalue weighted by molar-refractivity contribution is 5.45. The van der Waals surface area contributed by atoms with E-state index in [1.54, 1.807) is 7.11 Å². The molecule has 72 valence electrons. The third-order valence-electron chi connectivity index (χ3n) is 1.80. The lowest BCUT2D eigenvalue weighted by Crippen LogP contribution is -2.08. The Balaban J connectivity index is 2.46. The van der Waals surface area contributed by atoms with Crippen molar-refractivity contribution in [2.45, 2.75) is 6.54 Å². The second-order valence-corrected chi connectivity index (χ2v) is 2.82. The van der Waals surface area contributed by atoms with Crippen LogP contribution in [0.15, 0.2) is 24.3 Å². The predicted octanol–water partition coefficient (Wildman–Crippen LogP) is 1.20. The van der Waals surface area contributed by atoms with Gasteiger partial charge in [0.25, 0.3) is 0 Å². The summed E-state index contributed by atoms with van der Waals surface area (Å²) >= 11 is 0. The molecule has 3 N–H and O–H groups in total. The van der Waals surface area contributed by atoms with Crippen LogP contribution in [-0.4, -0.2) is 20.3 Å². The first kappa shape index (κ1) is 10.0. The van der Waals surface area contributed by atoms with Gasteiger partial charge in [0, 0.05) is 25.9 Å². The summed E-state index contributed by atoms with van der Waals surface area (Å²) in [6.45, 7) is 2.12. The first-order valence-electron chi connectivity index (χ1n) is 4.38. The standard InChI is InChI=1S/C10H16N2O/c1-13-6-5-12-10-4-2-3-9(7-10)8-11/h2-4,7,12H,5-6,8,11H2,1H3. The van der Waals surface area contributed by atoms with Gasteiger partial charge in [-0.3, -0.25) is 0 Å². The van der Waals surface area contributed by atoms with E-state index in [4.69, 9.17) is 10.5 Å². The molecule has 1 rings (SSSR count). The Labute approximate surface area is 78.9 Å². The molecule has 0 fully saturated rings. The van der Waals surface area contributed by atoms with Crippen molar-refractivity contribution in [1.82, 2.24) is 0 Å². The zero-order valence-electron chi connectivity index (χ0n) is 7.92. The van der Waals surface area contributed by atoms with E-state index >= 15 is 0 Å². The van der Waals surface area contributed by atoms with Crippen molar-refractivity contribution < 1.29 is 4.74 Å². The topological polar surface area (TPSA) is 47.3 Å². The van der Waals surface area contributed by atoms with E-state index in [-0.39, 0.29) is 0 Å². The van der Waals surface area contributed by atoms with Gasteiger partial charge in [-0.05, 0) is 17.7 Å². The fraction of sp³-hybridized carbons (Fsp3) is 0.400. The molecule has 0 amide bonds. The van der Waals surface area contributed by atoms with Gasteiger partial charge in [0.15, 0.2) is 0 Å². The molecule has 3 heteroatoms. The molecular weight excluding hydrogens is 164 g/mol. The Morgan fingerprint density at radius 2 is 2.31 bits per heavy atom. The molecule has 0 spiro atoms. The number of rotatable bonds is 5. The number of hydrogen-bond donors (Lipinski definition) is 2. The fourth-order valence-corrected chi connectivity index (χ4v) is 1.11. The smallest absolute Gasteiger partial charge is 0.0635 e. The molecule has 0 aliphatic carbocycles. The summed E-state index contributed by atoms with van der Waals surface area (Å²) < 4.78 is 4.93. The van der Waals surface area contributed by atoms with Crippen LogP contribution in [0.3, 0.4) is 0 Å². The highest BCUT2D eigenvalue weighted by Gasteiger charge is 1.92. The first-order valence-corrected chi connectivity index (χ1v) is 4.38. The maximum Gasteiger partial charge on any atom is 0.0635 e. The van der Waals surface area contributed by atoms with Gasteiger partial charge in [0.05, 0.1) is 6.61 Å².